The molecule has 1 aliphatic heterocycles. The van der Waals surface area contributed by atoms with Crippen LogP contribution in [0.3, 0.4) is 0 Å². The molecule has 0 aromatic carbocycles. The molecule has 20 heavy (non-hydrogen) atoms. The third-order valence-electron chi connectivity index (χ3n) is 2.95. The quantitative estimate of drug-likeness (QED) is 0.690. The van der Waals surface area contributed by atoms with Crippen molar-refractivity contribution in [2.24, 2.45) is 0 Å². The molecule has 3 N–H and O–H groups in total. The maximum Gasteiger partial charge on any atom is 0.330 e. The predicted octanol–water partition coefficient (Wildman–Crippen LogP) is -0.585. The molecule has 9 heteroatoms. The first-order valence-corrected chi connectivity index (χ1v) is 5.75. The van der Waals surface area contributed by atoms with Crippen LogP contribution in [0.15, 0.2) is 21.9 Å². The van der Waals surface area contributed by atoms with Gasteiger partial charge in [-0.05, 0) is 0 Å². The van der Waals surface area contributed by atoms with Gasteiger partial charge in [0.15, 0.2) is 0 Å². The van der Waals surface area contributed by atoms with Gasteiger partial charge in [0.2, 0.25) is 0 Å². The van der Waals surface area contributed by atoms with E-state index in [1.807, 2.05) is 4.98 Å². The Balaban J connectivity index is 2.40. The number of aliphatic hydroxyl groups is 2. The number of H-pyrrole nitrogens is 1. The Morgan fingerprint density at radius 2 is 2.25 bits per heavy atom. The number of halogens is 2. The summed E-state index contributed by atoms with van der Waals surface area (Å²) in [6.45, 7) is -0.443. The van der Waals surface area contributed by atoms with Gasteiger partial charge >= 0.3 is 5.69 Å². The topological polar surface area (TPSA) is 105 Å². The van der Waals surface area contributed by atoms with Crippen molar-refractivity contribution >= 4 is 6.08 Å². The normalized spacial score (nSPS) is 25.7. The summed E-state index contributed by atoms with van der Waals surface area (Å²) in [4.78, 5) is 24.9. The van der Waals surface area contributed by atoms with Gasteiger partial charge < -0.3 is 14.9 Å². The molecule has 1 aromatic rings. The van der Waals surface area contributed by atoms with E-state index in [9.17, 15) is 23.5 Å². The van der Waals surface area contributed by atoms with Crippen LogP contribution in [0.2, 0.25) is 0 Å². The number of aromatic nitrogens is 2. The average molecular weight is 290 g/mol. The zero-order chi connectivity index (χ0) is 14.9. The third kappa shape index (κ3) is 2.84. The largest absolute Gasteiger partial charge is 0.394 e. The summed E-state index contributed by atoms with van der Waals surface area (Å²) < 4.78 is 30.5. The minimum atomic E-state index is -2.08. The molecule has 1 fully saturated rings. The number of hydrogen-bond donors (Lipinski definition) is 3. The van der Waals surface area contributed by atoms with Crippen molar-refractivity contribution in [2.45, 2.75) is 24.9 Å². The number of aliphatic hydroxyl groups excluding tert-OH is 2. The second kappa shape index (κ2) is 5.65. The molecule has 1 saturated heterocycles. The molecule has 0 radical (unpaired) electrons. The van der Waals surface area contributed by atoms with Crippen molar-refractivity contribution in [3.05, 3.63) is 38.7 Å². The van der Waals surface area contributed by atoms with E-state index in [0.29, 0.717) is 6.08 Å². The van der Waals surface area contributed by atoms with Gasteiger partial charge in [0, 0.05) is 18.7 Å². The molecule has 0 amide bonds. The average Bonchev–Trinajstić information content (AvgIpc) is 2.73. The molecule has 2 rings (SSSR count). The molecular formula is C11H12F2N2O5. The van der Waals surface area contributed by atoms with E-state index in [0.717, 1.165) is 10.8 Å². The molecule has 110 valence electrons. The van der Waals surface area contributed by atoms with E-state index in [1.165, 1.54) is 0 Å². The van der Waals surface area contributed by atoms with Gasteiger partial charge in [-0.25, -0.2) is 4.79 Å². The summed E-state index contributed by atoms with van der Waals surface area (Å²) in [6, 6.07) is 0. The number of ether oxygens (including phenoxy) is 1. The first-order chi connectivity index (χ1) is 9.42. The Kier molecular flexibility index (Phi) is 4.12. The molecule has 3 atom stereocenters. The number of rotatable bonds is 3. The highest BCUT2D eigenvalue weighted by Crippen LogP contribution is 2.27. The zero-order valence-corrected chi connectivity index (χ0v) is 10.1. The van der Waals surface area contributed by atoms with E-state index in [2.05, 4.69) is 0 Å². The fraction of sp³-hybridized carbons (Fsp3) is 0.455. The summed E-state index contributed by atoms with van der Waals surface area (Å²) in [5.41, 5.74) is -2.20. The smallest absolute Gasteiger partial charge is 0.330 e. The van der Waals surface area contributed by atoms with Crippen LogP contribution >= 0.6 is 0 Å². The van der Waals surface area contributed by atoms with Crippen LogP contribution in [0.5, 0.6) is 0 Å². The van der Waals surface area contributed by atoms with Crippen molar-refractivity contribution in [3.8, 4) is 0 Å². The van der Waals surface area contributed by atoms with Crippen LogP contribution in [0, 0.1) is 0 Å². The Labute approximate surface area is 110 Å². The molecule has 0 unspecified atom stereocenters. The third-order valence-corrected chi connectivity index (χ3v) is 2.95. The molecule has 1 aromatic heterocycles. The van der Waals surface area contributed by atoms with Gasteiger partial charge in [0.05, 0.1) is 18.3 Å². The van der Waals surface area contributed by atoms with Crippen LogP contribution in [0.1, 0.15) is 18.2 Å². The number of hydrogen-bond acceptors (Lipinski definition) is 5. The SMILES string of the molecule is O=c1[nH]c(=O)n([C@@H]2C[C@H](O)[C@@H](CO)O2)cc1C=C(F)F. The molecular weight excluding hydrogens is 278 g/mol. The van der Waals surface area contributed by atoms with E-state index in [-0.39, 0.29) is 6.42 Å². The van der Waals surface area contributed by atoms with E-state index in [4.69, 9.17) is 9.84 Å². The number of nitrogens with zero attached hydrogens (tertiary/aromatic N) is 1. The maximum absolute atomic E-state index is 12.2. The van der Waals surface area contributed by atoms with Gasteiger partial charge in [-0.1, -0.05) is 0 Å². The minimum Gasteiger partial charge on any atom is -0.394 e. The zero-order valence-electron chi connectivity index (χ0n) is 10.1. The van der Waals surface area contributed by atoms with Gasteiger partial charge in [-0.3, -0.25) is 14.3 Å². The highest BCUT2D eigenvalue weighted by Gasteiger charge is 2.35. The van der Waals surface area contributed by atoms with Crippen molar-refractivity contribution in [1.82, 2.24) is 9.55 Å². The van der Waals surface area contributed by atoms with Gasteiger partial charge in [-0.15, -0.1) is 0 Å². The van der Waals surface area contributed by atoms with E-state index in [1.54, 1.807) is 0 Å². The predicted molar refractivity (Wildman–Crippen MR) is 63.1 cm³/mol. The Hall–Kier alpha value is -1.84. The molecule has 0 saturated carbocycles. The second-order valence-corrected chi connectivity index (χ2v) is 4.30. The highest BCUT2D eigenvalue weighted by atomic mass is 19.3. The number of nitrogens with one attached hydrogen (secondary N) is 1. The van der Waals surface area contributed by atoms with Crippen LogP contribution in [0.25, 0.3) is 6.08 Å². The molecule has 2 heterocycles. The Morgan fingerprint density at radius 1 is 1.55 bits per heavy atom. The monoisotopic (exact) mass is 290 g/mol. The van der Waals surface area contributed by atoms with Crippen LogP contribution in [0.4, 0.5) is 8.78 Å². The fourth-order valence-electron chi connectivity index (χ4n) is 1.99. The van der Waals surface area contributed by atoms with Crippen molar-refractivity contribution in [3.63, 3.8) is 0 Å². The first-order valence-electron chi connectivity index (χ1n) is 5.75. The lowest BCUT2D eigenvalue weighted by atomic mass is 10.2. The fourth-order valence-corrected chi connectivity index (χ4v) is 1.99. The Morgan fingerprint density at radius 3 is 2.80 bits per heavy atom. The molecule has 7 nitrogen and oxygen atoms in total. The second-order valence-electron chi connectivity index (χ2n) is 4.30. The van der Waals surface area contributed by atoms with Crippen LogP contribution < -0.4 is 11.2 Å². The minimum absolute atomic E-state index is 0.00155. The standard InChI is InChI=1S/C11H12F2N2O5/c12-8(13)1-5-3-15(11(19)14-10(5)18)9-2-6(17)7(4-16)20-9/h1,3,6-7,9,16-17H,2,4H2,(H,14,18,19)/t6-,7+,9-/m0/s1. The molecule has 1 aliphatic rings. The summed E-state index contributed by atoms with van der Waals surface area (Å²) in [5.74, 6) is 0. The first kappa shape index (κ1) is 14.6. The highest BCUT2D eigenvalue weighted by molar-refractivity contribution is 5.46. The van der Waals surface area contributed by atoms with Crippen molar-refractivity contribution in [1.29, 1.82) is 0 Å². The van der Waals surface area contributed by atoms with E-state index >= 15 is 0 Å². The Bertz CT molecular complexity index is 634. The lowest BCUT2D eigenvalue weighted by Gasteiger charge is -2.14. The van der Waals surface area contributed by atoms with Crippen LogP contribution in [-0.4, -0.2) is 38.6 Å². The summed E-state index contributed by atoms with van der Waals surface area (Å²) in [5, 5.41) is 18.5. The molecule has 0 aliphatic carbocycles. The maximum atomic E-state index is 12.2. The number of aromatic amines is 1. The lowest BCUT2D eigenvalue weighted by Crippen LogP contribution is -2.33. The van der Waals surface area contributed by atoms with Gasteiger partial charge in [0.25, 0.3) is 11.6 Å². The molecule has 0 bridgehead atoms. The van der Waals surface area contributed by atoms with Crippen molar-refractivity contribution in [2.75, 3.05) is 6.61 Å². The van der Waals surface area contributed by atoms with Crippen LogP contribution in [-0.2, 0) is 4.74 Å². The summed E-state index contributed by atoms with van der Waals surface area (Å²) in [7, 11) is 0. The summed E-state index contributed by atoms with van der Waals surface area (Å²) in [6.07, 6.45) is -3.63. The van der Waals surface area contributed by atoms with E-state index < -0.39 is 47.9 Å². The summed E-state index contributed by atoms with van der Waals surface area (Å²) >= 11 is 0. The van der Waals surface area contributed by atoms with Gasteiger partial charge in [0.1, 0.15) is 12.3 Å². The van der Waals surface area contributed by atoms with Crippen molar-refractivity contribution < 1.29 is 23.7 Å². The molecule has 0 spiro atoms. The van der Waals surface area contributed by atoms with Gasteiger partial charge in [-0.2, -0.15) is 8.78 Å². The lowest BCUT2D eigenvalue weighted by molar-refractivity contribution is -0.0459.